The number of aromatic nitrogens is 2. The van der Waals surface area contributed by atoms with Crippen LogP contribution < -0.4 is 10.6 Å². The predicted molar refractivity (Wildman–Crippen MR) is 68.4 cm³/mol. The Morgan fingerprint density at radius 1 is 1.44 bits per heavy atom. The van der Waals surface area contributed by atoms with Crippen molar-refractivity contribution in [1.82, 2.24) is 15.5 Å². The van der Waals surface area contributed by atoms with E-state index in [1.807, 2.05) is 13.8 Å². The SMILES string of the molecule is CCNC(C)c1nnc(NC2CCCC2OC)o1. The number of rotatable bonds is 6. The van der Waals surface area contributed by atoms with Gasteiger partial charge in [-0.2, -0.15) is 0 Å². The minimum atomic E-state index is 0.0832. The van der Waals surface area contributed by atoms with E-state index in [1.54, 1.807) is 7.11 Å². The normalized spacial score (nSPS) is 25.3. The summed E-state index contributed by atoms with van der Waals surface area (Å²) in [6, 6.07) is 0.848. The molecule has 0 aliphatic heterocycles. The average molecular weight is 254 g/mol. The zero-order valence-electron chi connectivity index (χ0n) is 11.3. The van der Waals surface area contributed by atoms with Gasteiger partial charge >= 0.3 is 6.01 Å². The van der Waals surface area contributed by atoms with Crippen molar-refractivity contribution < 1.29 is 9.15 Å². The Labute approximate surface area is 107 Å². The molecule has 1 saturated carbocycles. The van der Waals surface area contributed by atoms with E-state index in [9.17, 15) is 0 Å². The Kier molecular flexibility index (Phi) is 4.54. The topological polar surface area (TPSA) is 72.2 Å². The molecule has 0 radical (unpaired) electrons. The summed E-state index contributed by atoms with van der Waals surface area (Å²) in [5.41, 5.74) is 0. The molecule has 2 rings (SSSR count). The number of anilines is 1. The number of hydrogen-bond acceptors (Lipinski definition) is 6. The van der Waals surface area contributed by atoms with E-state index in [-0.39, 0.29) is 18.2 Å². The fourth-order valence-corrected chi connectivity index (χ4v) is 2.39. The zero-order valence-corrected chi connectivity index (χ0v) is 11.3. The van der Waals surface area contributed by atoms with Crippen molar-refractivity contribution in [3.63, 3.8) is 0 Å². The first-order chi connectivity index (χ1) is 8.74. The van der Waals surface area contributed by atoms with E-state index in [1.165, 1.54) is 6.42 Å². The van der Waals surface area contributed by atoms with Gasteiger partial charge in [0.1, 0.15) is 0 Å². The maximum atomic E-state index is 5.60. The van der Waals surface area contributed by atoms with E-state index in [0.29, 0.717) is 11.9 Å². The van der Waals surface area contributed by atoms with Gasteiger partial charge in [-0.1, -0.05) is 12.0 Å². The Morgan fingerprint density at radius 2 is 2.28 bits per heavy atom. The summed E-state index contributed by atoms with van der Waals surface area (Å²) in [6.07, 6.45) is 3.58. The van der Waals surface area contributed by atoms with Crippen molar-refractivity contribution in [1.29, 1.82) is 0 Å². The molecule has 2 N–H and O–H groups in total. The zero-order chi connectivity index (χ0) is 13.0. The predicted octanol–water partition coefficient (Wildman–Crippen LogP) is 1.72. The molecule has 1 heterocycles. The highest BCUT2D eigenvalue weighted by Crippen LogP contribution is 2.25. The summed E-state index contributed by atoms with van der Waals surface area (Å²) in [7, 11) is 1.75. The Bertz CT molecular complexity index is 369. The quantitative estimate of drug-likeness (QED) is 0.805. The van der Waals surface area contributed by atoms with Crippen molar-refractivity contribution >= 4 is 6.01 Å². The molecule has 6 heteroatoms. The minimum absolute atomic E-state index is 0.0832. The summed E-state index contributed by atoms with van der Waals surface area (Å²) in [6.45, 7) is 4.93. The highest BCUT2D eigenvalue weighted by atomic mass is 16.5. The van der Waals surface area contributed by atoms with Gasteiger partial charge in [0, 0.05) is 7.11 Å². The molecule has 1 aromatic heterocycles. The largest absolute Gasteiger partial charge is 0.406 e. The molecule has 0 amide bonds. The standard InChI is InChI=1S/C12H22N4O2/c1-4-13-8(2)11-15-16-12(18-11)14-9-6-5-7-10(9)17-3/h8-10,13H,4-7H2,1-3H3,(H,14,16). The first kappa shape index (κ1) is 13.3. The van der Waals surface area contributed by atoms with E-state index in [2.05, 4.69) is 20.8 Å². The molecule has 3 unspecified atom stereocenters. The van der Waals surface area contributed by atoms with Crippen LogP contribution in [0.2, 0.25) is 0 Å². The van der Waals surface area contributed by atoms with Gasteiger partial charge in [0.2, 0.25) is 5.89 Å². The van der Waals surface area contributed by atoms with Gasteiger partial charge in [-0.05, 0) is 32.7 Å². The summed E-state index contributed by atoms with van der Waals surface area (Å²) < 4.78 is 11.0. The number of nitrogens with one attached hydrogen (secondary N) is 2. The summed E-state index contributed by atoms with van der Waals surface area (Å²) in [4.78, 5) is 0. The second kappa shape index (κ2) is 6.15. The Morgan fingerprint density at radius 3 is 3.00 bits per heavy atom. The van der Waals surface area contributed by atoms with Crippen molar-refractivity contribution in [2.45, 2.75) is 51.3 Å². The molecule has 0 spiro atoms. The van der Waals surface area contributed by atoms with Crippen LogP contribution >= 0.6 is 0 Å². The van der Waals surface area contributed by atoms with Crippen LogP contribution in [0, 0.1) is 0 Å². The Hall–Kier alpha value is -1.14. The molecule has 3 atom stereocenters. The third kappa shape index (κ3) is 3.00. The molecule has 0 aromatic carbocycles. The number of ether oxygens (including phenoxy) is 1. The summed E-state index contributed by atoms with van der Waals surface area (Å²) >= 11 is 0. The molecule has 0 saturated heterocycles. The second-order valence-corrected chi connectivity index (χ2v) is 4.68. The fourth-order valence-electron chi connectivity index (χ4n) is 2.39. The van der Waals surface area contributed by atoms with Gasteiger partial charge in [0.15, 0.2) is 0 Å². The van der Waals surface area contributed by atoms with Gasteiger partial charge in [0.25, 0.3) is 0 Å². The summed E-state index contributed by atoms with van der Waals surface area (Å²) in [5, 5.41) is 14.6. The lowest BCUT2D eigenvalue weighted by molar-refractivity contribution is 0.100. The van der Waals surface area contributed by atoms with Gasteiger partial charge in [-0.15, -0.1) is 5.10 Å². The van der Waals surface area contributed by atoms with Gasteiger partial charge in [-0.3, -0.25) is 0 Å². The van der Waals surface area contributed by atoms with Crippen LogP contribution in [-0.4, -0.2) is 36.0 Å². The molecule has 6 nitrogen and oxygen atoms in total. The molecule has 1 fully saturated rings. The molecule has 102 valence electrons. The van der Waals surface area contributed by atoms with Gasteiger partial charge < -0.3 is 19.8 Å². The van der Waals surface area contributed by atoms with Gasteiger partial charge in [-0.25, -0.2) is 0 Å². The third-order valence-corrected chi connectivity index (χ3v) is 3.39. The van der Waals surface area contributed by atoms with E-state index >= 15 is 0 Å². The van der Waals surface area contributed by atoms with Crippen molar-refractivity contribution in [2.24, 2.45) is 0 Å². The first-order valence-electron chi connectivity index (χ1n) is 6.60. The van der Waals surface area contributed by atoms with Crippen LogP contribution in [-0.2, 0) is 4.74 Å². The minimum Gasteiger partial charge on any atom is -0.406 e. The van der Waals surface area contributed by atoms with Crippen LogP contribution in [0.3, 0.4) is 0 Å². The smallest absolute Gasteiger partial charge is 0.315 e. The number of methoxy groups -OCH3 is 1. The molecular weight excluding hydrogens is 232 g/mol. The summed E-state index contributed by atoms with van der Waals surface area (Å²) in [5.74, 6) is 0.617. The van der Waals surface area contributed by atoms with E-state index in [0.717, 1.165) is 19.4 Å². The molecule has 1 aromatic rings. The molecule has 0 bridgehead atoms. The van der Waals surface area contributed by atoms with Crippen molar-refractivity contribution in [2.75, 3.05) is 19.0 Å². The average Bonchev–Trinajstić information content (AvgIpc) is 2.99. The van der Waals surface area contributed by atoms with Crippen LogP contribution in [0.1, 0.15) is 45.0 Å². The Balaban J connectivity index is 1.94. The van der Waals surface area contributed by atoms with Crippen molar-refractivity contribution in [3.05, 3.63) is 5.89 Å². The third-order valence-electron chi connectivity index (χ3n) is 3.39. The fraction of sp³-hybridized carbons (Fsp3) is 0.833. The lowest BCUT2D eigenvalue weighted by Gasteiger charge is -2.17. The highest BCUT2D eigenvalue weighted by Gasteiger charge is 2.28. The van der Waals surface area contributed by atoms with Gasteiger partial charge in [0.05, 0.1) is 18.2 Å². The molecule has 1 aliphatic rings. The lowest BCUT2D eigenvalue weighted by Crippen LogP contribution is -2.29. The maximum Gasteiger partial charge on any atom is 0.315 e. The second-order valence-electron chi connectivity index (χ2n) is 4.68. The van der Waals surface area contributed by atoms with Crippen molar-refractivity contribution in [3.8, 4) is 0 Å². The van der Waals surface area contributed by atoms with Crippen LogP contribution in [0.5, 0.6) is 0 Å². The van der Waals surface area contributed by atoms with Crippen LogP contribution in [0.15, 0.2) is 4.42 Å². The lowest BCUT2D eigenvalue weighted by atomic mass is 10.2. The van der Waals surface area contributed by atoms with E-state index in [4.69, 9.17) is 9.15 Å². The number of nitrogens with zero attached hydrogens (tertiary/aromatic N) is 2. The molecule has 1 aliphatic carbocycles. The molecular formula is C12H22N4O2. The maximum absolute atomic E-state index is 5.60. The first-order valence-corrected chi connectivity index (χ1v) is 6.60. The monoisotopic (exact) mass is 254 g/mol. The number of hydrogen-bond donors (Lipinski definition) is 2. The van der Waals surface area contributed by atoms with Crippen LogP contribution in [0.25, 0.3) is 0 Å². The molecule has 18 heavy (non-hydrogen) atoms. The highest BCUT2D eigenvalue weighted by molar-refractivity contribution is 5.21. The van der Waals surface area contributed by atoms with E-state index < -0.39 is 0 Å². The van der Waals surface area contributed by atoms with Crippen LogP contribution in [0.4, 0.5) is 6.01 Å².